The average Bonchev–Trinajstić information content (AvgIpc) is 3.48. The van der Waals surface area contributed by atoms with Crippen LogP contribution in [0, 0.1) is 0 Å². The van der Waals surface area contributed by atoms with Crippen LogP contribution in [0.4, 0.5) is 0 Å². The van der Waals surface area contributed by atoms with E-state index in [1.165, 1.54) is 0 Å². The van der Waals surface area contributed by atoms with Gasteiger partial charge in [-0.05, 0) is 11.1 Å². The van der Waals surface area contributed by atoms with Crippen LogP contribution in [-0.4, -0.2) is 51.6 Å². The highest BCUT2D eigenvalue weighted by Crippen LogP contribution is 2.27. The third kappa shape index (κ3) is 4.93. The molecule has 0 radical (unpaired) electrons. The minimum absolute atomic E-state index is 0.338. The van der Waals surface area contributed by atoms with Crippen LogP contribution in [0.3, 0.4) is 0 Å². The standard InChI is InChI=1S/C20H21N3O5/c21-23(13-16(24)25)20(27)18-17(28-18)19(26)22(11-14-7-3-1-4-8-14)12-15-9-5-2-6-10-15/h1-10,17-18H,11-13,21H2,(H,24,25). The zero-order chi connectivity index (χ0) is 20.1. The van der Waals surface area contributed by atoms with Crippen molar-refractivity contribution in [2.75, 3.05) is 6.54 Å². The number of epoxide rings is 1. The minimum Gasteiger partial charge on any atom is -0.480 e. The SMILES string of the molecule is NN(CC(=O)O)C(=O)C1OC1C(=O)N(Cc1ccccc1)Cc1ccccc1. The number of nitrogens with two attached hydrogens (primary N) is 1. The minimum atomic E-state index is -1.24. The fraction of sp³-hybridized carbons (Fsp3) is 0.250. The zero-order valence-corrected chi connectivity index (χ0v) is 15.1. The van der Waals surface area contributed by atoms with Crippen LogP contribution < -0.4 is 5.84 Å². The molecule has 8 heteroatoms. The summed E-state index contributed by atoms with van der Waals surface area (Å²) < 4.78 is 5.24. The first kappa shape index (κ1) is 19.5. The number of amides is 2. The summed E-state index contributed by atoms with van der Waals surface area (Å²) in [6.07, 6.45) is -2.01. The van der Waals surface area contributed by atoms with Crippen LogP contribution in [0.15, 0.2) is 60.7 Å². The Kier molecular flexibility index (Phi) is 6.03. The van der Waals surface area contributed by atoms with Crippen LogP contribution in [-0.2, 0) is 32.2 Å². The van der Waals surface area contributed by atoms with Crippen LogP contribution in [0.25, 0.3) is 0 Å². The quantitative estimate of drug-likeness (QED) is 0.301. The molecule has 0 aliphatic carbocycles. The molecule has 2 aromatic carbocycles. The van der Waals surface area contributed by atoms with Crippen molar-refractivity contribution in [3.05, 3.63) is 71.8 Å². The highest BCUT2D eigenvalue weighted by Gasteiger charge is 2.53. The van der Waals surface area contributed by atoms with Gasteiger partial charge in [0.1, 0.15) is 6.54 Å². The first-order valence-electron chi connectivity index (χ1n) is 8.75. The molecule has 146 valence electrons. The van der Waals surface area contributed by atoms with E-state index in [1.807, 2.05) is 60.7 Å². The summed E-state index contributed by atoms with van der Waals surface area (Å²) in [4.78, 5) is 37.4. The molecule has 1 aliphatic rings. The second kappa shape index (κ2) is 8.64. The van der Waals surface area contributed by atoms with Crippen molar-refractivity contribution < 1.29 is 24.2 Å². The predicted molar refractivity (Wildman–Crippen MR) is 99.3 cm³/mol. The topological polar surface area (TPSA) is 116 Å². The maximum atomic E-state index is 12.9. The van der Waals surface area contributed by atoms with E-state index in [0.717, 1.165) is 11.1 Å². The predicted octanol–water partition coefficient (Wildman–Crippen LogP) is 0.770. The van der Waals surface area contributed by atoms with Gasteiger partial charge in [-0.1, -0.05) is 60.7 Å². The molecule has 2 atom stereocenters. The van der Waals surface area contributed by atoms with Crippen molar-refractivity contribution in [2.45, 2.75) is 25.3 Å². The second-order valence-corrected chi connectivity index (χ2v) is 6.50. The molecule has 2 unspecified atom stereocenters. The lowest BCUT2D eigenvalue weighted by Gasteiger charge is -2.22. The van der Waals surface area contributed by atoms with E-state index in [1.54, 1.807) is 4.90 Å². The molecular weight excluding hydrogens is 362 g/mol. The fourth-order valence-corrected chi connectivity index (χ4v) is 2.87. The third-order valence-corrected chi connectivity index (χ3v) is 4.31. The Bertz CT molecular complexity index is 802. The lowest BCUT2D eigenvalue weighted by Crippen LogP contribution is -2.45. The molecular formula is C20H21N3O5. The molecule has 1 heterocycles. The number of carboxylic acids is 1. The van der Waals surface area contributed by atoms with Crippen LogP contribution in [0.2, 0.25) is 0 Å². The van der Waals surface area contributed by atoms with Gasteiger partial charge in [-0.3, -0.25) is 19.4 Å². The monoisotopic (exact) mass is 383 g/mol. The molecule has 3 N–H and O–H groups in total. The number of benzene rings is 2. The maximum absolute atomic E-state index is 12.9. The van der Waals surface area contributed by atoms with Crippen molar-refractivity contribution in [1.82, 2.24) is 9.91 Å². The molecule has 3 rings (SSSR count). The lowest BCUT2D eigenvalue weighted by molar-refractivity contribution is -0.145. The molecule has 1 aliphatic heterocycles. The molecule has 2 amide bonds. The summed E-state index contributed by atoms with van der Waals surface area (Å²) in [6.45, 7) is 0.0605. The first-order valence-corrected chi connectivity index (χ1v) is 8.75. The smallest absolute Gasteiger partial charge is 0.324 e. The molecule has 1 saturated heterocycles. The first-order chi connectivity index (χ1) is 13.5. The van der Waals surface area contributed by atoms with Gasteiger partial charge in [-0.25, -0.2) is 5.84 Å². The molecule has 8 nitrogen and oxygen atoms in total. The number of hydrogen-bond acceptors (Lipinski definition) is 5. The van der Waals surface area contributed by atoms with Gasteiger partial charge in [0.05, 0.1) is 0 Å². The number of aliphatic carboxylic acids is 1. The molecule has 0 aromatic heterocycles. The van der Waals surface area contributed by atoms with Gasteiger partial charge >= 0.3 is 5.97 Å². The number of carbonyl (C=O) groups excluding carboxylic acids is 2. The zero-order valence-electron chi connectivity index (χ0n) is 15.1. The van der Waals surface area contributed by atoms with Gasteiger partial charge in [0.15, 0.2) is 12.2 Å². The van der Waals surface area contributed by atoms with Gasteiger partial charge in [-0.15, -0.1) is 0 Å². The maximum Gasteiger partial charge on any atom is 0.324 e. The Hall–Kier alpha value is -3.23. The highest BCUT2D eigenvalue weighted by atomic mass is 16.6. The van der Waals surface area contributed by atoms with E-state index in [2.05, 4.69) is 0 Å². The molecule has 0 spiro atoms. The van der Waals surface area contributed by atoms with E-state index in [4.69, 9.17) is 15.7 Å². The van der Waals surface area contributed by atoms with Gasteiger partial charge in [-0.2, -0.15) is 0 Å². The third-order valence-electron chi connectivity index (χ3n) is 4.31. The van der Waals surface area contributed by atoms with E-state index in [0.29, 0.717) is 18.1 Å². The van der Waals surface area contributed by atoms with Gasteiger partial charge < -0.3 is 14.7 Å². The van der Waals surface area contributed by atoms with Gasteiger partial charge in [0, 0.05) is 13.1 Å². The number of carbonyl (C=O) groups is 3. The number of ether oxygens (including phenoxy) is 1. The largest absolute Gasteiger partial charge is 0.480 e. The van der Waals surface area contributed by atoms with Crippen LogP contribution in [0.1, 0.15) is 11.1 Å². The van der Waals surface area contributed by atoms with Gasteiger partial charge in [0.2, 0.25) is 0 Å². The van der Waals surface area contributed by atoms with E-state index in [9.17, 15) is 14.4 Å². The van der Waals surface area contributed by atoms with E-state index >= 15 is 0 Å². The lowest BCUT2D eigenvalue weighted by atomic mass is 10.1. The highest BCUT2D eigenvalue weighted by molar-refractivity contribution is 5.95. The average molecular weight is 383 g/mol. The summed E-state index contributed by atoms with van der Waals surface area (Å²) in [5, 5.41) is 9.29. The number of carboxylic acid groups (broad SMARTS) is 1. The molecule has 0 bridgehead atoms. The Labute approximate surface area is 162 Å². The fourth-order valence-electron chi connectivity index (χ4n) is 2.87. The Morgan fingerprint density at radius 3 is 1.79 bits per heavy atom. The van der Waals surface area contributed by atoms with Crippen molar-refractivity contribution in [3.8, 4) is 0 Å². The normalized spacial score (nSPS) is 17.6. The summed E-state index contributed by atoms with van der Waals surface area (Å²) in [7, 11) is 0. The van der Waals surface area contributed by atoms with E-state index in [-0.39, 0.29) is 5.91 Å². The van der Waals surface area contributed by atoms with Crippen molar-refractivity contribution in [2.24, 2.45) is 5.84 Å². The molecule has 0 saturated carbocycles. The molecule has 1 fully saturated rings. The number of hydrazine groups is 1. The number of hydrogen-bond donors (Lipinski definition) is 2. The summed E-state index contributed by atoms with van der Waals surface area (Å²) in [5.41, 5.74) is 1.89. The van der Waals surface area contributed by atoms with Crippen molar-refractivity contribution in [3.63, 3.8) is 0 Å². The summed E-state index contributed by atoms with van der Waals surface area (Å²) in [5.74, 6) is 3.14. The van der Waals surface area contributed by atoms with Crippen LogP contribution >= 0.6 is 0 Å². The Balaban J connectivity index is 1.70. The summed E-state index contributed by atoms with van der Waals surface area (Å²) in [6, 6.07) is 19.0. The number of nitrogens with zero attached hydrogens (tertiary/aromatic N) is 2. The molecule has 28 heavy (non-hydrogen) atoms. The summed E-state index contributed by atoms with van der Waals surface area (Å²) >= 11 is 0. The van der Waals surface area contributed by atoms with Crippen molar-refractivity contribution >= 4 is 17.8 Å². The Morgan fingerprint density at radius 2 is 1.32 bits per heavy atom. The second-order valence-electron chi connectivity index (χ2n) is 6.50. The Morgan fingerprint density at radius 1 is 0.857 bits per heavy atom. The molecule has 2 aromatic rings. The van der Waals surface area contributed by atoms with Crippen molar-refractivity contribution in [1.29, 1.82) is 0 Å². The van der Waals surface area contributed by atoms with E-state index < -0.39 is 30.6 Å². The van der Waals surface area contributed by atoms with Gasteiger partial charge in [0.25, 0.3) is 11.8 Å². The van der Waals surface area contributed by atoms with Crippen LogP contribution in [0.5, 0.6) is 0 Å². The number of rotatable bonds is 8.